The van der Waals surface area contributed by atoms with Crippen molar-refractivity contribution in [3.05, 3.63) is 23.2 Å². The molecule has 4 nitrogen and oxygen atoms in total. The number of hydrogen-bond acceptors (Lipinski definition) is 3. The fourth-order valence-corrected chi connectivity index (χ4v) is 1.90. The molecule has 100 valence electrons. The van der Waals surface area contributed by atoms with Crippen LogP contribution in [0.1, 0.15) is 20.8 Å². The third-order valence-corrected chi connectivity index (χ3v) is 3.01. The van der Waals surface area contributed by atoms with Gasteiger partial charge in [0.25, 0.3) is 5.91 Å². The number of nitrogens with zero attached hydrogens (tertiary/aromatic N) is 1. The molecule has 1 aromatic rings. The van der Waals surface area contributed by atoms with E-state index in [-0.39, 0.29) is 5.91 Å². The van der Waals surface area contributed by atoms with Crippen molar-refractivity contribution >= 4 is 23.2 Å². The minimum atomic E-state index is -0.605. The number of amides is 1. The Balaban J connectivity index is 2.81. The fourth-order valence-electron chi connectivity index (χ4n) is 1.67. The number of nitrogens with two attached hydrogens (primary N) is 1. The molecule has 1 unspecified atom stereocenters. The molecular weight excluding hydrogens is 252 g/mol. The Morgan fingerprint density at radius 2 is 2.06 bits per heavy atom. The SMILES string of the molecule is CCN(CC)C(=O)C(C)Oc1c(N)cccc1Cl. The van der Waals surface area contributed by atoms with Crippen molar-refractivity contribution in [1.29, 1.82) is 0 Å². The van der Waals surface area contributed by atoms with Crippen LogP contribution in [0.15, 0.2) is 18.2 Å². The number of rotatable bonds is 5. The zero-order valence-corrected chi connectivity index (χ0v) is 11.7. The van der Waals surface area contributed by atoms with Gasteiger partial charge < -0.3 is 15.4 Å². The fraction of sp³-hybridized carbons (Fsp3) is 0.462. The van der Waals surface area contributed by atoms with Crippen LogP contribution in [0.2, 0.25) is 5.02 Å². The maximum Gasteiger partial charge on any atom is 0.263 e. The highest BCUT2D eigenvalue weighted by atomic mass is 35.5. The molecular formula is C13H19ClN2O2. The van der Waals surface area contributed by atoms with Gasteiger partial charge in [-0.05, 0) is 32.9 Å². The molecule has 1 amide bonds. The van der Waals surface area contributed by atoms with E-state index >= 15 is 0 Å². The molecule has 1 rings (SSSR count). The summed E-state index contributed by atoms with van der Waals surface area (Å²) in [7, 11) is 0. The maximum absolute atomic E-state index is 12.0. The summed E-state index contributed by atoms with van der Waals surface area (Å²) in [5.74, 6) is 0.298. The third kappa shape index (κ3) is 3.29. The van der Waals surface area contributed by atoms with Gasteiger partial charge in [0.1, 0.15) is 0 Å². The highest BCUT2D eigenvalue weighted by Crippen LogP contribution is 2.31. The Morgan fingerprint density at radius 3 is 2.56 bits per heavy atom. The van der Waals surface area contributed by atoms with Crippen molar-refractivity contribution in [3.63, 3.8) is 0 Å². The number of benzene rings is 1. The molecule has 2 N–H and O–H groups in total. The number of likely N-dealkylation sites (N-methyl/N-ethyl adjacent to an activating group) is 1. The minimum absolute atomic E-state index is 0.0701. The van der Waals surface area contributed by atoms with Gasteiger partial charge in [-0.15, -0.1) is 0 Å². The van der Waals surface area contributed by atoms with Gasteiger partial charge in [-0.3, -0.25) is 4.79 Å². The summed E-state index contributed by atoms with van der Waals surface area (Å²) in [6.07, 6.45) is -0.605. The second-order valence-electron chi connectivity index (χ2n) is 3.93. The first-order valence-corrected chi connectivity index (χ1v) is 6.38. The first-order valence-electron chi connectivity index (χ1n) is 6.00. The van der Waals surface area contributed by atoms with E-state index < -0.39 is 6.10 Å². The molecule has 1 atom stereocenters. The topological polar surface area (TPSA) is 55.6 Å². The van der Waals surface area contributed by atoms with Gasteiger partial charge in [-0.1, -0.05) is 17.7 Å². The number of halogens is 1. The van der Waals surface area contributed by atoms with Crippen molar-refractivity contribution in [1.82, 2.24) is 4.90 Å². The maximum atomic E-state index is 12.0. The van der Waals surface area contributed by atoms with Crippen molar-refractivity contribution in [2.24, 2.45) is 0 Å². The van der Waals surface area contributed by atoms with Crippen LogP contribution < -0.4 is 10.5 Å². The van der Waals surface area contributed by atoms with Gasteiger partial charge in [-0.2, -0.15) is 0 Å². The van der Waals surface area contributed by atoms with Crippen molar-refractivity contribution in [3.8, 4) is 5.75 Å². The molecule has 0 aliphatic rings. The van der Waals surface area contributed by atoms with E-state index in [0.717, 1.165) is 0 Å². The number of hydrogen-bond donors (Lipinski definition) is 1. The smallest absolute Gasteiger partial charge is 0.263 e. The van der Waals surface area contributed by atoms with E-state index in [1.165, 1.54) is 0 Å². The molecule has 0 radical (unpaired) electrons. The van der Waals surface area contributed by atoms with Gasteiger partial charge in [0.15, 0.2) is 11.9 Å². The average molecular weight is 271 g/mol. The van der Waals surface area contributed by atoms with Crippen LogP contribution in [0.25, 0.3) is 0 Å². The van der Waals surface area contributed by atoms with Gasteiger partial charge in [0, 0.05) is 13.1 Å². The van der Waals surface area contributed by atoms with E-state index in [4.69, 9.17) is 22.1 Å². The van der Waals surface area contributed by atoms with Crippen molar-refractivity contribution < 1.29 is 9.53 Å². The van der Waals surface area contributed by atoms with Crippen LogP contribution in [-0.4, -0.2) is 30.0 Å². The van der Waals surface area contributed by atoms with Crippen LogP contribution in [0.5, 0.6) is 5.75 Å². The number of nitrogen functional groups attached to an aromatic ring is 1. The van der Waals surface area contributed by atoms with E-state index in [0.29, 0.717) is 29.5 Å². The molecule has 0 aliphatic heterocycles. The summed E-state index contributed by atoms with van der Waals surface area (Å²) in [5.41, 5.74) is 6.21. The summed E-state index contributed by atoms with van der Waals surface area (Å²) >= 11 is 6.00. The van der Waals surface area contributed by atoms with Gasteiger partial charge >= 0.3 is 0 Å². The quantitative estimate of drug-likeness (QED) is 0.837. The summed E-state index contributed by atoms with van der Waals surface area (Å²) in [5, 5.41) is 0.411. The molecule has 5 heteroatoms. The first-order chi connectivity index (χ1) is 8.51. The largest absolute Gasteiger partial charge is 0.477 e. The Hall–Kier alpha value is -1.42. The minimum Gasteiger partial charge on any atom is -0.477 e. The molecule has 0 bridgehead atoms. The second-order valence-corrected chi connectivity index (χ2v) is 4.34. The second kappa shape index (κ2) is 6.50. The van der Waals surface area contributed by atoms with Crippen LogP contribution in [-0.2, 0) is 4.79 Å². The zero-order chi connectivity index (χ0) is 13.7. The summed E-state index contributed by atoms with van der Waals surface area (Å²) < 4.78 is 5.57. The van der Waals surface area contributed by atoms with Gasteiger partial charge in [0.05, 0.1) is 10.7 Å². The molecule has 1 aromatic carbocycles. The van der Waals surface area contributed by atoms with E-state index in [1.54, 1.807) is 30.0 Å². The Labute approximate surface area is 113 Å². The number of carbonyl (C=O) groups excluding carboxylic acids is 1. The highest BCUT2D eigenvalue weighted by Gasteiger charge is 2.21. The van der Waals surface area contributed by atoms with Gasteiger partial charge in [-0.25, -0.2) is 0 Å². The Morgan fingerprint density at radius 1 is 1.44 bits per heavy atom. The zero-order valence-electron chi connectivity index (χ0n) is 10.9. The Kier molecular flexibility index (Phi) is 5.28. The number of carbonyl (C=O) groups is 1. The van der Waals surface area contributed by atoms with Crippen molar-refractivity contribution in [2.75, 3.05) is 18.8 Å². The molecule has 0 fully saturated rings. The molecule has 0 saturated heterocycles. The highest BCUT2D eigenvalue weighted by molar-refractivity contribution is 6.32. The third-order valence-electron chi connectivity index (χ3n) is 2.71. The normalized spacial score (nSPS) is 12.0. The molecule has 0 spiro atoms. The van der Waals surface area contributed by atoms with Crippen LogP contribution in [0, 0.1) is 0 Å². The predicted molar refractivity (Wildman–Crippen MR) is 73.9 cm³/mol. The lowest BCUT2D eigenvalue weighted by Gasteiger charge is -2.24. The number of ether oxygens (including phenoxy) is 1. The summed E-state index contributed by atoms with van der Waals surface area (Å²) in [6.45, 7) is 6.86. The lowest BCUT2D eigenvalue weighted by atomic mass is 10.2. The predicted octanol–water partition coefficient (Wildman–Crippen LogP) is 2.56. The lowest BCUT2D eigenvalue weighted by molar-refractivity contribution is -0.137. The van der Waals surface area contributed by atoms with Crippen LogP contribution in [0.4, 0.5) is 5.69 Å². The van der Waals surface area contributed by atoms with E-state index in [9.17, 15) is 4.79 Å². The van der Waals surface area contributed by atoms with Crippen molar-refractivity contribution in [2.45, 2.75) is 26.9 Å². The van der Waals surface area contributed by atoms with Crippen LogP contribution >= 0.6 is 11.6 Å². The first kappa shape index (κ1) is 14.6. The molecule has 0 aliphatic carbocycles. The lowest BCUT2D eigenvalue weighted by Crippen LogP contribution is -2.40. The number of anilines is 1. The summed E-state index contributed by atoms with van der Waals surface area (Å²) in [6, 6.07) is 5.11. The van der Waals surface area contributed by atoms with Gasteiger partial charge in [0.2, 0.25) is 0 Å². The number of para-hydroxylation sites is 1. The standard InChI is InChI=1S/C13H19ClN2O2/c1-4-16(5-2)13(17)9(3)18-12-10(14)7-6-8-11(12)15/h6-9H,4-5,15H2,1-3H3. The molecule has 0 aromatic heterocycles. The monoisotopic (exact) mass is 270 g/mol. The van der Waals surface area contributed by atoms with Crippen LogP contribution in [0.3, 0.4) is 0 Å². The average Bonchev–Trinajstić information content (AvgIpc) is 2.35. The molecule has 0 saturated carbocycles. The summed E-state index contributed by atoms with van der Waals surface area (Å²) in [4.78, 5) is 13.8. The van der Waals surface area contributed by atoms with E-state index in [2.05, 4.69) is 0 Å². The Bertz CT molecular complexity index is 399. The molecule has 18 heavy (non-hydrogen) atoms. The van der Waals surface area contributed by atoms with E-state index in [1.807, 2.05) is 13.8 Å². The molecule has 0 heterocycles.